The first kappa shape index (κ1) is 12.0. The highest BCUT2D eigenvalue weighted by Crippen LogP contribution is 2.37. The summed E-state index contributed by atoms with van der Waals surface area (Å²) in [6, 6.07) is 0. The fourth-order valence-corrected chi connectivity index (χ4v) is 2.66. The number of rotatable bonds is 4. The summed E-state index contributed by atoms with van der Waals surface area (Å²) in [5, 5.41) is 18.1. The Balaban J connectivity index is 2.41. The van der Waals surface area contributed by atoms with Gasteiger partial charge in [0, 0.05) is 13.2 Å². The molecule has 1 saturated carbocycles. The van der Waals surface area contributed by atoms with Crippen LogP contribution in [-0.4, -0.2) is 23.4 Å². The lowest BCUT2D eigenvalue weighted by Gasteiger charge is -2.36. The van der Waals surface area contributed by atoms with Crippen molar-refractivity contribution in [3.05, 3.63) is 0 Å². The maximum atomic E-state index is 9.24. The first-order chi connectivity index (χ1) is 6.69. The molecule has 0 aromatic heterocycles. The van der Waals surface area contributed by atoms with Gasteiger partial charge in [0.1, 0.15) is 0 Å². The molecule has 0 aromatic rings. The predicted octanol–water partition coefficient (Wildman–Crippen LogP) is 2.05. The van der Waals surface area contributed by atoms with Gasteiger partial charge in [-0.1, -0.05) is 20.3 Å². The van der Waals surface area contributed by atoms with Crippen molar-refractivity contribution in [1.29, 1.82) is 0 Å². The second-order valence-electron chi connectivity index (χ2n) is 4.98. The van der Waals surface area contributed by atoms with Crippen LogP contribution in [0.25, 0.3) is 0 Å². The highest BCUT2D eigenvalue weighted by atomic mass is 16.3. The molecule has 1 fully saturated rings. The minimum atomic E-state index is 0.303. The third-order valence-electron chi connectivity index (χ3n) is 4.03. The van der Waals surface area contributed by atoms with Gasteiger partial charge in [-0.05, 0) is 42.9 Å². The summed E-state index contributed by atoms with van der Waals surface area (Å²) in [4.78, 5) is 0. The van der Waals surface area contributed by atoms with Gasteiger partial charge in [-0.2, -0.15) is 0 Å². The minimum Gasteiger partial charge on any atom is -0.396 e. The van der Waals surface area contributed by atoms with Crippen LogP contribution in [0.1, 0.15) is 39.5 Å². The molecule has 0 amide bonds. The van der Waals surface area contributed by atoms with E-state index in [-0.39, 0.29) is 0 Å². The van der Waals surface area contributed by atoms with E-state index >= 15 is 0 Å². The largest absolute Gasteiger partial charge is 0.396 e. The molecule has 0 saturated heterocycles. The molecule has 0 heterocycles. The summed E-state index contributed by atoms with van der Waals surface area (Å²) >= 11 is 0. The van der Waals surface area contributed by atoms with Crippen LogP contribution >= 0.6 is 0 Å². The Morgan fingerprint density at radius 2 is 2.00 bits per heavy atom. The van der Waals surface area contributed by atoms with Crippen LogP contribution < -0.4 is 0 Å². The van der Waals surface area contributed by atoms with E-state index in [9.17, 15) is 5.11 Å². The average Bonchev–Trinajstić information content (AvgIpc) is 2.19. The summed E-state index contributed by atoms with van der Waals surface area (Å²) in [5.41, 5.74) is 0. The van der Waals surface area contributed by atoms with Crippen LogP contribution in [0.3, 0.4) is 0 Å². The molecule has 2 nitrogen and oxygen atoms in total. The third-order valence-corrected chi connectivity index (χ3v) is 4.03. The van der Waals surface area contributed by atoms with Gasteiger partial charge in [-0.3, -0.25) is 0 Å². The molecule has 4 unspecified atom stereocenters. The highest BCUT2D eigenvalue weighted by molar-refractivity contribution is 4.80. The van der Waals surface area contributed by atoms with Crippen LogP contribution in [-0.2, 0) is 0 Å². The van der Waals surface area contributed by atoms with Crippen molar-refractivity contribution in [3.8, 4) is 0 Å². The molecular formula is C12H24O2. The van der Waals surface area contributed by atoms with Crippen molar-refractivity contribution >= 4 is 0 Å². The molecule has 0 spiro atoms. The number of aliphatic hydroxyl groups is 2. The van der Waals surface area contributed by atoms with Gasteiger partial charge >= 0.3 is 0 Å². The number of hydrogen-bond acceptors (Lipinski definition) is 2. The van der Waals surface area contributed by atoms with Crippen molar-refractivity contribution < 1.29 is 10.2 Å². The van der Waals surface area contributed by atoms with Gasteiger partial charge in [0.15, 0.2) is 0 Å². The van der Waals surface area contributed by atoms with Gasteiger partial charge in [0.05, 0.1) is 0 Å². The molecule has 84 valence electrons. The molecule has 0 bridgehead atoms. The molecule has 2 heteroatoms. The Hall–Kier alpha value is -0.0800. The normalized spacial score (nSPS) is 35.6. The second kappa shape index (κ2) is 5.72. The van der Waals surface area contributed by atoms with Gasteiger partial charge in [-0.15, -0.1) is 0 Å². The first-order valence-corrected chi connectivity index (χ1v) is 5.90. The van der Waals surface area contributed by atoms with Gasteiger partial charge in [0.2, 0.25) is 0 Å². The second-order valence-corrected chi connectivity index (χ2v) is 4.98. The summed E-state index contributed by atoms with van der Waals surface area (Å²) in [7, 11) is 0. The quantitative estimate of drug-likeness (QED) is 0.729. The van der Waals surface area contributed by atoms with Crippen LogP contribution in [0, 0.1) is 23.7 Å². The molecule has 1 aliphatic rings. The Labute approximate surface area is 87.3 Å². The van der Waals surface area contributed by atoms with E-state index in [1.54, 1.807) is 0 Å². The van der Waals surface area contributed by atoms with E-state index in [4.69, 9.17) is 5.11 Å². The Morgan fingerprint density at radius 1 is 1.29 bits per heavy atom. The lowest BCUT2D eigenvalue weighted by Crippen LogP contribution is -2.29. The molecule has 0 radical (unpaired) electrons. The SMILES string of the molecule is CC1CCC(C(C)CCO)CC1CO. The molecule has 0 aromatic carbocycles. The summed E-state index contributed by atoms with van der Waals surface area (Å²) in [6.45, 7) is 5.11. The third kappa shape index (κ3) is 2.96. The maximum Gasteiger partial charge on any atom is 0.0461 e. The number of aliphatic hydroxyl groups excluding tert-OH is 2. The van der Waals surface area contributed by atoms with E-state index < -0.39 is 0 Å². The first-order valence-electron chi connectivity index (χ1n) is 5.90. The maximum absolute atomic E-state index is 9.24. The average molecular weight is 200 g/mol. The van der Waals surface area contributed by atoms with Crippen molar-refractivity contribution in [1.82, 2.24) is 0 Å². The van der Waals surface area contributed by atoms with E-state index in [2.05, 4.69) is 13.8 Å². The molecule has 1 rings (SSSR count). The molecule has 14 heavy (non-hydrogen) atoms. The van der Waals surface area contributed by atoms with Crippen molar-refractivity contribution in [3.63, 3.8) is 0 Å². The summed E-state index contributed by atoms with van der Waals surface area (Å²) in [5.74, 6) is 2.50. The van der Waals surface area contributed by atoms with Crippen molar-refractivity contribution in [2.75, 3.05) is 13.2 Å². The Kier molecular flexibility index (Phi) is 4.90. The molecule has 1 aliphatic carbocycles. The van der Waals surface area contributed by atoms with Gasteiger partial charge < -0.3 is 10.2 Å². The van der Waals surface area contributed by atoms with Gasteiger partial charge in [0.25, 0.3) is 0 Å². The number of hydrogen-bond donors (Lipinski definition) is 2. The highest BCUT2D eigenvalue weighted by Gasteiger charge is 2.29. The molecule has 0 aliphatic heterocycles. The predicted molar refractivity (Wildman–Crippen MR) is 57.9 cm³/mol. The fraction of sp³-hybridized carbons (Fsp3) is 1.00. The van der Waals surface area contributed by atoms with Crippen LogP contribution in [0.15, 0.2) is 0 Å². The van der Waals surface area contributed by atoms with E-state index in [0.717, 1.165) is 18.8 Å². The monoisotopic (exact) mass is 200 g/mol. The molecule has 2 N–H and O–H groups in total. The van der Waals surface area contributed by atoms with E-state index in [1.165, 1.54) is 12.8 Å². The van der Waals surface area contributed by atoms with Crippen LogP contribution in [0.5, 0.6) is 0 Å². The summed E-state index contributed by atoms with van der Waals surface area (Å²) < 4.78 is 0. The lowest BCUT2D eigenvalue weighted by molar-refractivity contribution is 0.0867. The standard InChI is InChI=1S/C12H24O2/c1-9-3-4-11(7-12(9)8-14)10(2)5-6-13/h9-14H,3-8H2,1-2H3. The van der Waals surface area contributed by atoms with Gasteiger partial charge in [-0.25, -0.2) is 0 Å². The smallest absolute Gasteiger partial charge is 0.0461 e. The topological polar surface area (TPSA) is 40.5 Å². The van der Waals surface area contributed by atoms with E-state index in [0.29, 0.717) is 31.0 Å². The van der Waals surface area contributed by atoms with E-state index in [1.807, 2.05) is 0 Å². The Bertz CT molecular complexity index is 158. The van der Waals surface area contributed by atoms with Crippen molar-refractivity contribution in [2.45, 2.75) is 39.5 Å². The molecular weight excluding hydrogens is 176 g/mol. The van der Waals surface area contributed by atoms with Crippen LogP contribution in [0.4, 0.5) is 0 Å². The zero-order valence-corrected chi connectivity index (χ0v) is 9.45. The summed E-state index contributed by atoms with van der Waals surface area (Å²) in [6.07, 6.45) is 4.58. The zero-order valence-electron chi connectivity index (χ0n) is 9.45. The zero-order chi connectivity index (χ0) is 10.6. The minimum absolute atomic E-state index is 0.303. The van der Waals surface area contributed by atoms with Crippen LogP contribution in [0.2, 0.25) is 0 Å². The van der Waals surface area contributed by atoms with Crippen molar-refractivity contribution in [2.24, 2.45) is 23.7 Å². The molecule has 4 atom stereocenters. The Morgan fingerprint density at radius 3 is 2.57 bits per heavy atom. The fourth-order valence-electron chi connectivity index (χ4n) is 2.66. The lowest BCUT2D eigenvalue weighted by atomic mass is 9.70.